The number of hydrogen-bond acceptors (Lipinski definition) is 7. The lowest BCUT2D eigenvalue weighted by atomic mass is 10.3. The minimum Gasteiger partial charge on any atom is -0.497 e. The van der Waals surface area contributed by atoms with E-state index in [0.717, 1.165) is 11.0 Å². The summed E-state index contributed by atoms with van der Waals surface area (Å²) >= 11 is 0. The lowest BCUT2D eigenvalue weighted by Gasteiger charge is -2.18. The summed E-state index contributed by atoms with van der Waals surface area (Å²) in [5, 5.41) is 13.9. The molecule has 0 spiro atoms. The number of ether oxygens (including phenoxy) is 2. The van der Waals surface area contributed by atoms with Gasteiger partial charge in [-0.2, -0.15) is 4.98 Å². The second-order valence-corrected chi connectivity index (χ2v) is 7.52. The molecule has 10 nitrogen and oxygen atoms in total. The first-order valence-corrected chi connectivity index (χ1v) is 10.1. The van der Waals surface area contributed by atoms with Crippen molar-refractivity contribution in [2.75, 3.05) is 19.0 Å². The molecule has 0 saturated carbocycles. The van der Waals surface area contributed by atoms with Gasteiger partial charge in [-0.1, -0.05) is 6.92 Å². The number of aryl methyl sites for hydroxylation is 1. The van der Waals surface area contributed by atoms with Crippen molar-refractivity contribution in [1.82, 2.24) is 18.7 Å². The Balaban J connectivity index is 1.91. The fourth-order valence-corrected chi connectivity index (χ4v) is 3.18. The summed E-state index contributed by atoms with van der Waals surface area (Å²) in [7, 11) is 4.57. The molecule has 2 unspecified atom stereocenters. The van der Waals surface area contributed by atoms with Crippen LogP contribution in [0.5, 0.6) is 11.5 Å². The van der Waals surface area contributed by atoms with Crippen LogP contribution in [0.25, 0.3) is 11.2 Å². The Morgan fingerprint density at radius 2 is 1.77 bits per heavy atom. The molecule has 3 rings (SSSR count). The number of imidazole rings is 1. The molecule has 31 heavy (non-hydrogen) atoms. The largest absolute Gasteiger partial charge is 0.497 e. The Labute approximate surface area is 179 Å². The molecule has 168 valence electrons. The van der Waals surface area contributed by atoms with Gasteiger partial charge in [0, 0.05) is 20.1 Å². The number of nitrogens with zero attached hydrogens (tertiary/aromatic N) is 4. The molecule has 10 heteroatoms. The Bertz CT molecular complexity index is 1160. The van der Waals surface area contributed by atoms with E-state index >= 15 is 0 Å². The molecule has 0 aliphatic carbocycles. The molecule has 2 N–H and O–H groups in total. The Hall–Kier alpha value is -3.27. The maximum atomic E-state index is 12.8. The van der Waals surface area contributed by atoms with E-state index in [2.05, 4.69) is 10.3 Å². The molecule has 2 aromatic heterocycles. The molecule has 0 saturated heterocycles. The molecular formula is C21H29N5O5. The second-order valence-electron chi connectivity index (χ2n) is 7.52. The Morgan fingerprint density at radius 3 is 2.39 bits per heavy atom. The monoisotopic (exact) mass is 431 g/mol. The quantitative estimate of drug-likeness (QED) is 0.522. The number of anilines is 1. The van der Waals surface area contributed by atoms with Crippen LogP contribution < -0.4 is 26.0 Å². The molecule has 2 atom stereocenters. The van der Waals surface area contributed by atoms with Crippen molar-refractivity contribution < 1.29 is 14.6 Å². The molecular weight excluding hydrogens is 402 g/mol. The van der Waals surface area contributed by atoms with Gasteiger partial charge in [-0.15, -0.1) is 0 Å². The van der Waals surface area contributed by atoms with Crippen LogP contribution in [-0.2, 0) is 20.6 Å². The van der Waals surface area contributed by atoms with Crippen molar-refractivity contribution in [2.45, 2.75) is 39.0 Å². The van der Waals surface area contributed by atoms with Crippen LogP contribution in [0, 0.1) is 0 Å². The minimum atomic E-state index is -0.918. The summed E-state index contributed by atoms with van der Waals surface area (Å²) in [6.07, 6.45) is -0.0811. The highest BCUT2D eigenvalue weighted by atomic mass is 16.5. The third-order valence-electron chi connectivity index (χ3n) is 5.23. The van der Waals surface area contributed by atoms with Crippen LogP contribution in [0.15, 0.2) is 33.9 Å². The van der Waals surface area contributed by atoms with Gasteiger partial charge in [0.1, 0.15) is 24.2 Å². The molecule has 0 aliphatic rings. The molecule has 0 bridgehead atoms. The number of benzene rings is 1. The first-order valence-electron chi connectivity index (χ1n) is 10.1. The van der Waals surface area contributed by atoms with Crippen molar-refractivity contribution in [1.29, 1.82) is 0 Å². The van der Waals surface area contributed by atoms with Gasteiger partial charge in [0.15, 0.2) is 11.2 Å². The molecule has 2 heterocycles. The zero-order valence-electron chi connectivity index (χ0n) is 18.5. The SMILES string of the molecule is CCC(C)Nc1nc2c(c(=O)n(C)c(=O)n2C)n1CC(O)COc1ccc(OC)cc1. The van der Waals surface area contributed by atoms with Gasteiger partial charge in [0.2, 0.25) is 5.95 Å². The van der Waals surface area contributed by atoms with Gasteiger partial charge in [0.05, 0.1) is 13.7 Å². The van der Waals surface area contributed by atoms with Crippen LogP contribution in [0.2, 0.25) is 0 Å². The number of aromatic nitrogens is 4. The van der Waals surface area contributed by atoms with Crippen molar-refractivity contribution in [2.24, 2.45) is 14.1 Å². The summed E-state index contributed by atoms with van der Waals surface area (Å²) in [4.78, 5) is 29.6. The van der Waals surface area contributed by atoms with Crippen LogP contribution in [-0.4, -0.2) is 49.7 Å². The number of methoxy groups -OCH3 is 1. The van der Waals surface area contributed by atoms with E-state index in [1.807, 2.05) is 13.8 Å². The fourth-order valence-electron chi connectivity index (χ4n) is 3.18. The van der Waals surface area contributed by atoms with Gasteiger partial charge in [-0.25, -0.2) is 4.79 Å². The molecule has 0 amide bonds. The van der Waals surface area contributed by atoms with E-state index in [4.69, 9.17) is 9.47 Å². The topological polar surface area (TPSA) is 113 Å². The van der Waals surface area contributed by atoms with Crippen LogP contribution in [0.1, 0.15) is 20.3 Å². The number of rotatable bonds is 9. The van der Waals surface area contributed by atoms with Crippen LogP contribution >= 0.6 is 0 Å². The zero-order valence-corrected chi connectivity index (χ0v) is 18.5. The lowest BCUT2D eigenvalue weighted by molar-refractivity contribution is 0.0937. The van der Waals surface area contributed by atoms with E-state index in [9.17, 15) is 14.7 Å². The van der Waals surface area contributed by atoms with E-state index in [1.165, 1.54) is 11.6 Å². The van der Waals surface area contributed by atoms with Crippen molar-refractivity contribution in [3.8, 4) is 11.5 Å². The van der Waals surface area contributed by atoms with Gasteiger partial charge < -0.3 is 24.5 Å². The van der Waals surface area contributed by atoms with Crippen molar-refractivity contribution in [3.05, 3.63) is 45.1 Å². The van der Waals surface area contributed by atoms with Gasteiger partial charge >= 0.3 is 5.69 Å². The Morgan fingerprint density at radius 1 is 1.13 bits per heavy atom. The number of aliphatic hydroxyl groups is 1. The summed E-state index contributed by atoms with van der Waals surface area (Å²) in [5.41, 5.74) is -0.409. The van der Waals surface area contributed by atoms with Gasteiger partial charge in [-0.3, -0.25) is 13.9 Å². The first-order chi connectivity index (χ1) is 14.8. The average Bonchev–Trinajstić information content (AvgIpc) is 3.12. The van der Waals surface area contributed by atoms with Crippen molar-refractivity contribution in [3.63, 3.8) is 0 Å². The van der Waals surface area contributed by atoms with Gasteiger partial charge in [-0.05, 0) is 37.6 Å². The standard InChI is InChI=1S/C21H29N5O5/c1-6-13(2)22-20-23-18-17(19(28)25(4)21(29)24(18)3)26(20)11-14(27)12-31-16-9-7-15(30-5)8-10-16/h7-10,13-14,27H,6,11-12H2,1-5H3,(H,22,23). The fraction of sp³-hybridized carbons (Fsp3) is 0.476. The lowest BCUT2D eigenvalue weighted by Crippen LogP contribution is -2.38. The summed E-state index contributed by atoms with van der Waals surface area (Å²) in [5.74, 6) is 1.72. The number of aliphatic hydroxyl groups excluding tert-OH is 1. The molecule has 0 radical (unpaired) electrons. The summed E-state index contributed by atoms with van der Waals surface area (Å²) in [6, 6.07) is 7.12. The molecule has 3 aromatic rings. The smallest absolute Gasteiger partial charge is 0.332 e. The first kappa shape index (κ1) is 22.4. The van der Waals surface area contributed by atoms with E-state index in [-0.39, 0.29) is 30.4 Å². The van der Waals surface area contributed by atoms with Crippen LogP contribution in [0.3, 0.4) is 0 Å². The average molecular weight is 431 g/mol. The molecule has 0 aliphatic heterocycles. The highest BCUT2D eigenvalue weighted by molar-refractivity contribution is 5.74. The third-order valence-corrected chi connectivity index (χ3v) is 5.23. The third kappa shape index (κ3) is 4.58. The van der Waals surface area contributed by atoms with Gasteiger partial charge in [0.25, 0.3) is 5.56 Å². The van der Waals surface area contributed by atoms with Crippen LogP contribution in [0.4, 0.5) is 5.95 Å². The normalized spacial score (nSPS) is 13.2. The highest BCUT2D eigenvalue weighted by Crippen LogP contribution is 2.19. The molecule has 0 fully saturated rings. The van der Waals surface area contributed by atoms with E-state index < -0.39 is 17.4 Å². The summed E-state index contributed by atoms with van der Waals surface area (Å²) in [6.45, 7) is 4.10. The minimum absolute atomic E-state index is 0.0147. The highest BCUT2D eigenvalue weighted by Gasteiger charge is 2.22. The Kier molecular flexibility index (Phi) is 6.69. The predicted octanol–water partition coefficient (Wildman–Crippen LogP) is 1.09. The summed E-state index contributed by atoms with van der Waals surface area (Å²) < 4.78 is 14.8. The maximum absolute atomic E-state index is 12.8. The molecule has 1 aromatic carbocycles. The maximum Gasteiger partial charge on any atom is 0.332 e. The number of hydrogen-bond donors (Lipinski definition) is 2. The second kappa shape index (κ2) is 9.25. The van der Waals surface area contributed by atoms with E-state index in [1.54, 1.807) is 43.0 Å². The number of nitrogens with one attached hydrogen (secondary N) is 1. The number of fused-ring (bicyclic) bond motifs is 1. The predicted molar refractivity (Wildman–Crippen MR) is 118 cm³/mol. The van der Waals surface area contributed by atoms with E-state index in [0.29, 0.717) is 17.4 Å². The van der Waals surface area contributed by atoms with Crippen molar-refractivity contribution >= 4 is 17.1 Å². The zero-order chi connectivity index (χ0) is 22.7.